The lowest BCUT2D eigenvalue weighted by Gasteiger charge is -2.35. The summed E-state index contributed by atoms with van der Waals surface area (Å²) in [7, 11) is 0. The van der Waals surface area contributed by atoms with Gasteiger partial charge in [0.05, 0.1) is 11.1 Å². The van der Waals surface area contributed by atoms with Crippen molar-refractivity contribution in [3.8, 4) is 0 Å². The second kappa shape index (κ2) is 7.70. The van der Waals surface area contributed by atoms with Crippen LogP contribution in [0, 0.1) is 9.39 Å². The first kappa shape index (κ1) is 18.1. The lowest BCUT2D eigenvalue weighted by atomic mass is 10.1. The molecule has 0 N–H and O–H groups in total. The number of carbonyl (C=O) groups excluding carboxylic acids is 2. The highest BCUT2D eigenvalue weighted by molar-refractivity contribution is 14.1. The van der Waals surface area contributed by atoms with Gasteiger partial charge in [-0.25, -0.2) is 4.39 Å². The average Bonchev–Trinajstić information content (AvgIpc) is 2.63. The summed E-state index contributed by atoms with van der Waals surface area (Å²) in [6, 6.07) is 11.3. The SMILES string of the molecule is O=C(c1cc(Cl)ccc1F)N1CCN(C(=O)c2ccccc2I)CC1. The van der Waals surface area contributed by atoms with Crippen LogP contribution in [0.25, 0.3) is 0 Å². The van der Waals surface area contributed by atoms with Gasteiger partial charge in [0.15, 0.2) is 0 Å². The molecule has 3 rings (SSSR count). The molecule has 0 aromatic heterocycles. The summed E-state index contributed by atoms with van der Waals surface area (Å²) in [5.74, 6) is -1.04. The molecule has 0 bridgehead atoms. The van der Waals surface area contributed by atoms with Crippen LogP contribution in [0.2, 0.25) is 5.02 Å². The van der Waals surface area contributed by atoms with E-state index in [1.54, 1.807) is 15.9 Å². The fourth-order valence-electron chi connectivity index (χ4n) is 2.75. The van der Waals surface area contributed by atoms with Crippen LogP contribution >= 0.6 is 34.2 Å². The molecule has 0 radical (unpaired) electrons. The molecule has 0 saturated carbocycles. The number of benzene rings is 2. The van der Waals surface area contributed by atoms with Gasteiger partial charge in [0.2, 0.25) is 0 Å². The first-order chi connectivity index (χ1) is 12.0. The summed E-state index contributed by atoms with van der Waals surface area (Å²) in [5, 5.41) is 0.317. The Morgan fingerprint density at radius 3 is 2.08 bits per heavy atom. The molecular formula is C18H15ClFIN2O2. The standard InChI is InChI=1S/C18H15ClFIN2O2/c19-12-5-6-15(20)14(11-12)18(25)23-9-7-22(8-10-23)17(24)13-3-1-2-4-16(13)21/h1-6,11H,7-10H2. The van der Waals surface area contributed by atoms with Crippen LogP contribution in [0.4, 0.5) is 4.39 Å². The molecule has 0 spiro atoms. The summed E-state index contributed by atoms with van der Waals surface area (Å²) >= 11 is 7.99. The Morgan fingerprint density at radius 1 is 0.920 bits per heavy atom. The third-order valence-corrected chi connectivity index (χ3v) is 5.29. The molecule has 130 valence electrons. The number of rotatable bonds is 2. The van der Waals surface area contributed by atoms with E-state index in [0.717, 1.165) is 3.57 Å². The van der Waals surface area contributed by atoms with Crippen molar-refractivity contribution in [2.24, 2.45) is 0 Å². The Bertz CT molecular complexity index is 822. The van der Waals surface area contributed by atoms with E-state index in [0.29, 0.717) is 36.8 Å². The molecule has 1 aliphatic heterocycles. The molecule has 1 heterocycles. The predicted molar refractivity (Wildman–Crippen MR) is 102 cm³/mol. The number of halogens is 3. The van der Waals surface area contributed by atoms with Crippen molar-refractivity contribution in [3.05, 3.63) is 68.0 Å². The lowest BCUT2D eigenvalue weighted by Crippen LogP contribution is -2.50. The molecule has 4 nitrogen and oxygen atoms in total. The Hall–Kier alpha value is -1.67. The van der Waals surface area contributed by atoms with Crippen LogP contribution < -0.4 is 0 Å². The van der Waals surface area contributed by atoms with Gasteiger partial charge in [-0.05, 0) is 52.9 Å². The van der Waals surface area contributed by atoms with Crippen LogP contribution in [0.3, 0.4) is 0 Å². The van der Waals surface area contributed by atoms with Crippen molar-refractivity contribution in [2.45, 2.75) is 0 Å². The Morgan fingerprint density at radius 2 is 1.48 bits per heavy atom. The molecule has 0 atom stereocenters. The summed E-state index contributed by atoms with van der Waals surface area (Å²) in [5.41, 5.74) is 0.619. The molecular weight excluding hydrogens is 458 g/mol. The molecule has 0 aliphatic carbocycles. The molecule has 7 heteroatoms. The van der Waals surface area contributed by atoms with Crippen molar-refractivity contribution in [1.29, 1.82) is 0 Å². The van der Waals surface area contributed by atoms with Crippen LogP contribution in [0.1, 0.15) is 20.7 Å². The van der Waals surface area contributed by atoms with Crippen LogP contribution in [-0.4, -0.2) is 47.8 Å². The number of nitrogens with zero attached hydrogens (tertiary/aromatic N) is 2. The fourth-order valence-corrected chi connectivity index (χ4v) is 3.54. The molecule has 1 saturated heterocycles. The highest BCUT2D eigenvalue weighted by Gasteiger charge is 2.27. The predicted octanol–water partition coefficient (Wildman–Crippen LogP) is 3.68. The number of amides is 2. The topological polar surface area (TPSA) is 40.6 Å². The number of hydrogen-bond acceptors (Lipinski definition) is 2. The minimum atomic E-state index is -0.591. The summed E-state index contributed by atoms with van der Waals surface area (Å²) in [6.45, 7) is 1.55. The van der Waals surface area contributed by atoms with Gasteiger partial charge in [0.1, 0.15) is 5.82 Å². The maximum atomic E-state index is 13.9. The monoisotopic (exact) mass is 472 g/mol. The lowest BCUT2D eigenvalue weighted by molar-refractivity contribution is 0.0532. The normalized spacial score (nSPS) is 14.5. The zero-order valence-electron chi connectivity index (χ0n) is 13.2. The van der Waals surface area contributed by atoms with Crippen LogP contribution in [0.15, 0.2) is 42.5 Å². The van der Waals surface area contributed by atoms with Gasteiger partial charge in [0.25, 0.3) is 11.8 Å². The quantitative estimate of drug-likeness (QED) is 0.626. The molecule has 25 heavy (non-hydrogen) atoms. The van der Waals surface area contributed by atoms with E-state index in [1.807, 2.05) is 18.2 Å². The van der Waals surface area contributed by atoms with Crippen molar-refractivity contribution < 1.29 is 14.0 Å². The van der Waals surface area contributed by atoms with Gasteiger partial charge in [-0.15, -0.1) is 0 Å². The minimum absolute atomic E-state index is 0.0371. The third-order valence-electron chi connectivity index (χ3n) is 4.12. The second-order valence-electron chi connectivity index (χ2n) is 5.69. The van der Waals surface area contributed by atoms with E-state index >= 15 is 0 Å². The highest BCUT2D eigenvalue weighted by atomic mass is 127. The Balaban J connectivity index is 1.68. The molecule has 1 fully saturated rings. The van der Waals surface area contributed by atoms with E-state index in [-0.39, 0.29) is 11.5 Å². The van der Waals surface area contributed by atoms with E-state index in [1.165, 1.54) is 18.2 Å². The number of carbonyl (C=O) groups is 2. The zero-order valence-corrected chi connectivity index (χ0v) is 16.1. The average molecular weight is 473 g/mol. The Labute approximate surface area is 163 Å². The van der Waals surface area contributed by atoms with Gasteiger partial charge in [0, 0.05) is 34.8 Å². The van der Waals surface area contributed by atoms with E-state index in [4.69, 9.17) is 11.6 Å². The smallest absolute Gasteiger partial charge is 0.257 e. The van der Waals surface area contributed by atoms with E-state index in [9.17, 15) is 14.0 Å². The highest BCUT2D eigenvalue weighted by Crippen LogP contribution is 2.19. The number of piperazine rings is 1. The van der Waals surface area contributed by atoms with Gasteiger partial charge in [-0.3, -0.25) is 9.59 Å². The molecule has 2 aromatic rings. The van der Waals surface area contributed by atoms with Gasteiger partial charge in [-0.1, -0.05) is 23.7 Å². The molecule has 1 aliphatic rings. The van der Waals surface area contributed by atoms with Crippen LogP contribution in [-0.2, 0) is 0 Å². The van der Waals surface area contributed by atoms with Gasteiger partial charge in [-0.2, -0.15) is 0 Å². The maximum Gasteiger partial charge on any atom is 0.257 e. The first-order valence-electron chi connectivity index (χ1n) is 7.75. The summed E-state index contributed by atoms with van der Waals surface area (Å²) < 4.78 is 14.8. The summed E-state index contributed by atoms with van der Waals surface area (Å²) in [6.07, 6.45) is 0. The minimum Gasteiger partial charge on any atom is -0.335 e. The maximum absolute atomic E-state index is 13.9. The molecule has 2 amide bonds. The van der Waals surface area contributed by atoms with Crippen molar-refractivity contribution in [2.75, 3.05) is 26.2 Å². The summed E-state index contributed by atoms with van der Waals surface area (Å²) in [4.78, 5) is 28.4. The fraction of sp³-hybridized carbons (Fsp3) is 0.222. The van der Waals surface area contributed by atoms with Crippen molar-refractivity contribution in [3.63, 3.8) is 0 Å². The van der Waals surface area contributed by atoms with Crippen molar-refractivity contribution >= 4 is 46.0 Å². The number of hydrogen-bond donors (Lipinski definition) is 0. The van der Waals surface area contributed by atoms with E-state index < -0.39 is 11.7 Å². The molecule has 2 aromatic carbocycles. The van der Waals surface area contributed by atoms with Crippen LogP contribution in [0.5, 0.6) is 0 Å². The van der Waals surface area contributed by atoms with E-state index in [2.05, 4.69) is 22.6 Å². The van der Waals surface area contributed by atoms with Crippen molar-refractivity contribution in [1.82, 2.24) is 9.80 Å². The third kappa shape index (κ3) is 3.95. The Kier molecular flexibility index (Phi) is 5.58. The van der Waals surface area contributed by atoms with Gasteiger partial charge < -0.3 is 9.80 Å². The largest absolute Gasteiger partial charge is 0.335 e. The first-order valence-corrected chi connectivity index (χ1v) is 9.21. The van der Waals surface area contributed by atoms with Gasteiger partial charge >= 0.3 is 0 Å². The zero-order chi connectivity index (χ0) is 18.0. The molecule has 0 unspecified atom stereocenters. The second-order valence-corrected chi connectivity index (χ2v) is 7.29.